The van der Waals surface area contributed by atoms with Gasteiger partial charge in [0.05, 0.1) is 13.2 Å². The Morgan fingerprint density at radius 2 is 1.73 bits per heavy atom. The fourth-order valence-corrected chi connectivity index (χ4v) is 3.64. The predicted molar refractivity (Wildman–Crippen MR) is 121 cm³/mol. The van der Waals surface area contributed by atoms with Crippen molar-refractivity contribution in [2.75, 3.05) is 19.8 Å². The van der Waals surface area contributed by atoms with E-state index in [1.165, 1.54) is 18.2 Å². The van der Waals surface area contributed by atoms with E-state index in [4.69, 9.17) is 18.6 Å². The molecule has 7 heteroatoms. The normalized spacial score (nSPS) is 12.8. The van der Waals surface area contributed by atoms with Gasteiger partial charge in [-0.15, -0.1) is 0 Å². The zero-order valence-electron chi connectivity index (χ0n) is 17.6. The van der Waals surface area contributed by atoms with Crippen LogP contribution in [0.25, 0.3) is 22.3 Å². The Morgan fingerprint density at radius 3 is 2.55 bits per heavy atom. The molecule has 0 saturated carbocycles. The molecule has 166 valence electrons. The lowest BCUT2D eigenvalue weighted by Crippen LogP contribution is -2.12. The van der Waals surface area contributed by atoms with Crippen molar-refractivity contribution in [3.8, 4) is 34.3 Å². The van der Waals surface area contributed by atoms with E-state index < -0.39 is 0 Å². The van der Waals surface area contributed by atoms with Crippen molar-refractivity contribution in [3.63, 3.8) is 0 Å². The first-order valence-corrected chi connectivity index (χ1v) is 10.5. The number of ketones is 1. The molecule has 0 fully saturated rings. The minimum absolute atomic E-state index is 0.0521. The summed E-state index contributed by atoms with van der Waals surface area (Å²) in [7, 11) is 0. The number of fused-ring (bicyclic) bond motifs is 2. The van der Waals surface area contributed by atoms with Crippen LogP contribution >= 0.6 is 0 Å². The summed E-state index contributed by atoms with van der Waals surface area (Å²) in [4.78, 5) is 25.2. The third kappa shape index (κ3) is 4.25. The summed E-state index contributed by atoms with van der Waals surface area (Å²) in [6.45, 7) is 0.817. The van der Waals surface area contributed by atoms with Crippen molar-refractivity contribution < 1.29 is 28.5 Å². The third-order valence-corrected chi connectivity index (χ3v) is 5.28. The summed E-state index contributed by atoms with van der Waals surface area (Å²) in [6.07, 6.45) is 0.772. The monoisotopic (exact) mass is 444 g/mol. The minimum atomic E-state index is -0.373. The van der Waals surface area contributed by atoms with Gasteiger partial charge in [0.1, 0.15) is 28.2 Å². The maximum absolute atomic E-state index is 12.7. The first-order chi connectivity index (χ1) is 16.1. The maximum Gasteiger partial charge on any atom is 0.200 e. The standard InChI is InChI=1S/C26H20O7/c27-19-12-18(13-25-26(19)20(28)14-23(33-25)16-5-2-1-3-6-16)32-15-21(29)17-7-8-22-24(11-17)31-10-4-9-30-22/h1-3,5-8,11-14,27H,4,9-10,15H2. The fraction of sp³-hybridized carbons (Fsp3) is 0.154. The number of ether oxygens (including phenoxy) is 3. The average Bonchev–Trinajstić information content (AvgIpc) is 3.07. The molecular formula is C26H20O7. The highest BCUT2D eigenvalue weighted by Gasteiger charge is 2.16. The van der Waals surface area contributed by atoms with E-state index in [-0.39, 0.29) is 40.3 Å². The average molecular weight is 444 g/mol. The largest absolute Gasteiger partial charge is 0.507 e. The first kappa shape index (κ1) is 20.6. The van der Waals surface area contributed by atoms with Gasteiger partial charge in [-0.25, -0.2) is 0 Å². The van der Waals surface area contributed by atoms with Gasteiger partial charge in [-0.05, 0) is 18.2 Å². The molecule has 3 aromatic carbocycles. The number of benzene rings is 3. The number of phenols is 1. The van der Waals surface area contributed by atoms with Gasteiger partial charge in [-0.2, -0.15) is 0 Å². The molecule has 33 heavy (non-hydrogen) atoms. The number of hydrogen-bond donors (Lipinski definition) is 1. The summed E-state index contributed by atoms with van der Waals surface area (Å²) in [6, 6.07) is 18.3. The van der Waals surface area contributed by atoms with E-state index in [0.717, 1.165) is 12.0 Å². The number of rotatable bonds is 5. The van der Waals surface area contributed by atoms with Gasteiger partial charge >= 0.3 is 0 Å². The highest BCUT2D eigenvalue weighted by Crippen LogP contribution is 2.32. The molecule has 2 heterocycles. The van der Waals surface area contributed by atoms with Crippen LogP contribution in [-0.4, -0.2) is 30.7 Å². The lowest BCUT2D eigenvalue weighted by atomic mass is 10.1. The second-order valence-electron chi connectivity index (χ2n) is 7.58. The quantitative estimate of drug-likeness (QED) is 0.450. The summed E-state index contributed by atoms with van der Waals surface area (Å²) < 4.78 is 22.7. The predicted octanol–water partition coefficient (Wildman–Crippen LogP) is 4.59. The van der Waals surface area contributed by atoms with Crippen molar-refractivity contribution in [2.24, 2.45) is 0 Å². The van der Waals surface area contributed by atoms with Crippen LogP contribution in [0.15, 0.2) is 75.9 Å². The third-order valence-electron chi connectivity index (χ3n) is 5.28. The summed E-state index contributed by atoms with van der Waals surface area (Å²) in [5.74, 6) is 1.15. The molecule has 1 aromatic heterocycles. The van der Waals surface area contributed by atoms with Crippen LogP contribution in [0.4, 0.5) is 0 Å². The van der Waals surface area contributed by atoms with Crippen molar-refractivity contribution in [2.45, 2.75) is 6.42 Å². The van der Waals surface area contributed by atoms with Gasteiger partial charge in [0.15, 0.2) is 29.3 Å². The van der Waals surface area contributed by atoms with Crippen LogP contribution in [0.5, 0.6) is 23.0 Å². The molecule has 1 N–H and O–H groups in total. The highest BCUT2D eigenvalue weighted by atomic mass is 16.5. The van der Waals surface area contributed by atoms with Gasteiger partial charge in [-0.3, -0.25) is 9.59 Å². The molecule has 0 radical (unpaired) electrons. The number of hydrogen-bond acceptors (Lipinski definition) is 7. The van der Waals surface area contributed by atoms with Gasteiger partial charge in [0.25, 0.3) is 0 Å². The van der Waals surface area contributed by atoms with E-state index in [0.29, 0.717) is 36.0 Å². The molecular weight excluding hydrogens is 424 g/mol. The maximum atomic E-state index is 12.7. The van der Waals surface area contributed by atoms with Crippen LogP contribution in [0, 0.1) is 0 Å². The van der Waals surface area contributed by atoms with Gasteiger partial charge in [-0.1, -0.05) is 30.3 Å². The molecule has 5 rings (SSSR count). The number of carbonyl (C=O) groups is 1. The van der Waals surface area contributed by atoms with Gasteiger partial charge in [0, 0.05) is 35.7 Å². The van der Waals surface area contributed by atoms with Gasteiger partial charge < -0.3 is 23.7 Å². The number of aromatic hydroxyl groups is 1. The number of Topliss-reactive ketones (excluding diaryl/α,β-unsaturated/α-hetero) is 1. The van der Waals surface area contributed by atoms with E-state index in [9.17, 15) is 14.7 Å². The van der Waals surface area contributed by atoms with E-state index in [2.05, 4.69) is 0 Å². The van der Waals surface area contributed by atoms with Crippen molar-refractivity contribution in [1.82, 2.24) is 0 Å². The fourth-order valence-electron chi connectivity index (χ4n) is 3.64. The minimum Gasteiger partial charge on any atom is -0.507 e. The second kappa shape index (κ2) is 8.70. The van der Waals surface area contributed by atoms with Crippen LogP contribution in [-0.2, 0) is 0 Å². The Hall–Kier alpha value is -4.26. The lowest BCUT2D eigenvalue weighted by molar-refractivity contribution is 0.0921. The Kier molecular flexibility index (Phi) is 5.44. The molecule has 0 aliphatic carbocycles. The first-order valence-electron chi connectivity index (χ1n) is 10.5. The molecule has 0 amide bonds. The van der Waals surface area contributed by atoms with Crippen molar-refractivity contribution >= 4 is 16.8 Å². The lowest BCUT2D eigenvalue weighted by Gasteiger charge is -2.11. The smallest absolute Gasteiger partial charge is 0.200 e. The topological polar surface area (TPSA) is 95.2 Å². The molecule has 0 spiro atoms. The molecule has 1 aliphatic heterocycles. The highest BCUT2D eigenvalue weighted by molar-refractivity contribution is 5.98. The van der Waals surface area contributed by atoms with E-state index in [1.54, 1.807) is 18.2 Å². The molecule has 0 bridgehead atoms. The Morgan fingerprint density at radius 1 is 0.939 bits per heavy atom. The molecule has 0 unspecified atom stereocenters. The Balaban J connectivity index is 1.39. The zero-order valence-corrected chi connectivity index (χ0v) is 17.6. The van der Waals surface area contributed by atoms with Crippen LogP contribution in [0.3, 0.4) is 0 Å². The molecule has 0 atom stereocenters. The van der Waals surface area contributed by atoms with Crippen LogP contribution in [0.2, 0.25) is 0 Å². The number of phenolic OH excluding ortho intramolecular Hbond substituents is 1. The Labute approximate surface area is 188 Å². The molecule has 0 saturated heterocycles. The zero-order chi connectivity index (χ0) is 22.8. The van der Waals surface area contributed by atoms with E-state index in [1.807, 2.05) is 30.3 Å². The summed E-state index contributed by atoms with van der Waals surface area (Å²) in [5, 5.41) is 10.4. The molecule has 4 aromatic rings. The molecule has 7 nitrogen and oxygen atoms in total. The summed E-state index contributed by atoms with van der Waals surface area (Å²) >= 11 is 0. The SMILES string of the molecule is O=C(COc1cc(O)c2c(=O)cc(-c3ccccc3)oc2c1)c1ccc2c(c1)OCCCO2. The summed E-state index contributed by atoms with van der Waals surface area (Å²) in [5.41, 5.74) is 0.941. The van der Waals surface area contributed by atoms with Gasteiger partial charge in [0.2, 0.25) is 0 Å². The van der Waals surface area contributed by atoms with Crippen LogP contribution < -0.4 is 19.6 Å². The van der Waals surface area contributed by atoms with Crippen LogP contribution in [0.1, 0.15) is 16.8 Å². The molecule has 1 aliphatic rings. The number of carbonyl (C=O) groups excluding carboxylic acids is 1. The van der Waals surface area contributed by atoms with Crippen molar-refractivity contribution in [3.05, 3.63) is 82.5 Å². The van der Waals surface area contributed by atoms with E-state index >= 15 is 0 Å². The van der Waals surface area contributed by atoms with Crippen molar-refractivity contribution in [1.29, 1.82) is 0 Å². The second-order valence-corrected chi connectivity index (χ2v) is 7.58. The Bertz CT molecular complexity index is 1390.